The molecule has 152 valence electrons. The van der Waals surface area contributed by atoms with Crippen LogP contribution in [0.3, 0.4) is 0 Å². The highest BCUT2D eigenvalue weighted by molar-refractivity contribution is 7.89. The fourth-order valence-corrected chi connectivity index (χ4v) is 3.98. The fraction of sp³-hybridized carbons (Fsp3) is 0.158. The van der Waals surface area contributed by atoms with Gasteiger partial charge in [0.05, 0.1) is 28.0 Å². The summed E-state index contributed by atoms with van der Waals surface area (Å²) in [6.07, 6.45) is 1.41. The molecule has 10 heteroatoms. The molecule has 2 aromatic carbocycles. The minimum absolute atomic E-state index is 0.00569. The standard InChI is InChI=1S/C19H18ClFN4O3S/c1-13-18(12-23-25(13)16-7-5-15(21)6-8-16)19(26)22-9-10-24-29(27,28)17-4-2-3-14(20)11-17/h2-8,11-12,24H,9-10H2,1H3,(H,22,26). The average molecular weight is 437 g/mol. The summed E-state index contributed by atoms with van der Waals surface area (Å²) in [7, 11) is -3.72. The maximum Gasteiger partial charge on any atom is 0.254 e. The van der Waals surface area contributed by atoms with Crippen LogP contribution in [-0.2, 0) is 10.0 Å². The molecule has 0 radical (unpaired) electrons. The highest BCUT2D eigenvalue weighted by atomic mass is 35.5. The molecule has 3 rings (SSSR count). The molecule has 0 spiro atoms. The van der Waals surface area contributed by atoms with Gasteiger partial charge in [-0.2, -0.15) is 5.10 Å². The Hall–Kier alpha value is -2.75. The molecule has 0 saturated carbocycles. The van der Waals surface area contributed by atoms with E-state index in [-0.39, 0.29) is 23.8 Å². The van der Waals surface area contributed by atoms with Crippen molar-refractivity contribution >= 4 is 27.5 Å². The third-order valence-electron chi connectivity index (χ3n) is 4.13. The van der Waals surface area contributed by atoms with Crippen molar-refractivity contribution < 1.29 is 17.6 Å². The molecule has 0 atom stereocenters. The number of nitrogens with zero attached hydrogens (tertiary/aromatic N) is 2. The van der Waals surface area contributed by atoms with Crippen LogP contribution in [-0.4, -0.2) is 37.2 Å². The molecule has 0 unspecified atom stereocenters. The number of sulfonamides is 1. The second kappa shape index (κ2) is 8.73. The molecule has 29 heavy (non-hydrogen) atoms. The number of carbonyl (C=O) groups excluding carboxylic acids is 1. The van der Waals surface area contributed by atoms with Gasteiger partial charge in [0.25, 0.3) is 5.91 Å². The lowest BCUT2D eigenvalue weighted by atomic mass is 10.2. The fourth-order valence-electron chi connectivity index (χ4n) is 2.65. The van der Waals surface area contributed by atoms with E-state index in [0.717, 1.165) is 0 Å². The molecule has 0 bridgehead atoms. The van der Waals surface area contributed by atoms with Gasteiger partial charge in [-0.05, 0) is 49.4 Å². The minimum atomic E-state index is -3.72. The van der Waals surface area contributed by atoms with Crippen LogP contribution in [0.25, 0.3) is 5.69 Å². The number of hydrogen-bond donors (Lipinski definition) is 2. The van der Waals surface area contributed by atoms with Crippen LogP contribution in [0.15, 0.2) is 59.6 Å². The number of halogens is 2. The van der Waals surface area contributed by atoms with E-state index in [1.54, 1.807) is 31.2 Å². The summed E-state index contributed by atoms with van der Waals surface area (Å²) < 4.78 is 41.4. The zero-order valence-corrected chi connectivity index (χ0v) is 17.0. The van der Waals surface area contributed by atoms with Crippen molar-refractivity contribution in [3.8, 4) is 5.69 Å². The largest absolute Gasteiger partial charge is 0.351 e. The van der Waals surface area contributed by atoms with Gasteiger partial charge in [-0.25, -0.2) is 22.2 Å². The Bertz CT molecular complexity index is 1130. The Morgan fingerprint density at radius 2 is 1.90 bits per heavy atom. The second-order valence-corrected chi connectivity index (χ2v) is 8.35. The normalized spacial score (nSPS) is 11.4. The van der Waals surface area contributed by atoms with E-state index in [1.807, 2.05) is 0 Å². The summed E-state index contributed by atoms with van der Waals surface area (Å²) in [5.41, 5.74) is 1.54. The van der Waals surface area contributed by atoms with E-state index in [0.29, 0.717) is 22.0 Å². The first kappa shape index (κ1) is 21.0. The lowest BCUT2D eigenvalue weighted by molar-refractivity contribution is 0.0953. The zero-order valence-electron chi connectivity index (χ0n) is 15.4. The topological polar surface area (TPSA) is 93.1 Å². The number of rotatable bonds is 7. The maximum atomic E-state index is 13.1. The Kier molecular flexibility index (Phi) is 6.31. The Morgan fingerprint density at radius 1 is 1.17 bits per heavy atom. The number of benzene rings is 2. The molecule has 1 heterocycles. The molecular weight excluding hydrogens is 419 g/mol. The molecule has 3 aromatic rings. The lowest BCUT2D eigenvalue weighted by Gasteiger charge is -2.09. The number of aromatic nitrogens is 2. The van der Waals surface area contributed by atoms with Gasteiger partial charge in [0.15, 0.2) is 0 Å². The predicted octanol–water partition coefficient (Wildman–Crippen LogP) is 2.68. The average Bonchev–Trinajstić information content (AvgIpc) is 3.07. The number of carbonyl (C=O) groups is 1. The lowest BCUT2D eigenvalue weighted by Crippen LogP contribution is -2.34. The van der Waals surface area contributed by atoms with E-state index in [1.165, 1.54) is 35.1 Å². The summed E-state index contributed by atoms with van der Waals surface area (Å²) in [6.45, 7) is 1.80. The summed E-state index contributed by atoms with van der Waals surface area (Å²) in [4.78, 5) is 12.4. The van der Waals surface area contributed by atoms with Crippen molar-refractivity contribution in [1.82, 2.24) is 19.8 Å². The van der Waals surface area contributed by atoms with Crippen molar-refractivity contribution in [2.24, 2.45) is 0 Å². The van der Waals surface area contributed by atoms with Crippen molar-refractivity contribution in [3.63, 3.8) is 0 Å². The van der Waals surface area contributed by atoms with E-state index in [2.05, 4.69) is 15.1 Å². The SMILES string of the molecule is Cc1c(C(=O)NCCNS(=O)(=O)c2cccc(Cl)c2)cnn1-c1ccc(F)cc1. The van der Waals surface area contributed by atoms with Gasteiger partial charge >= 0.3 is 0 Å². The van der Waals surface area contributed by atoms with Crippen LogP contribution < -0.4 is 10.0 Å². The Morgan fingerprint density at radius 3 is 2.59 bits per heavy atom. The summed E-state index contributed by atoms with van der Waals surface area (Å²) >= 11 is 5.81. The predicted molar refractivity (Wildman–Crippen MR) is 107 cm³/mol. The van der Waals surface area contributed by atoms with E-state index < -0.39 is 15.9 Å². The molecule has 0 saturated heterocycles. The molecule has 0 fully saturated rings. The second-order valence-electron chi connectivity index (χ2n) is 6.14. The van der Waals surface area contributed by atoms with E-state index in [4.69, 9.17) is 11.6 Å². The van der Waals surface area contributed by atoms with Gasteiger partial charge in [0, 0.05) is 18.1 Å². The molecule has 0 aliphatic heterocycles. The number of amides is 1. The van der Waals surface area contributed by atoms with Crippen LogP contribution >= 0.6 is 11.6 Å². The summed E-state index contributed by atoms with van der Waals surface area (Å²) in [6, 6.07) is 11.6. The summed E-state index contributed by atoms with van der Waals surface area (Å²) in [5, 5.41) is 7.12. The smallest absolute Gasteiger partial charge is 0.254 e. The van der Waals surface area contributed by atoms with Gasteiger partial charge in [-0.15, -0.1) is 0 Å². The molecule has 1 aromatic heterocycles. The maximum absolute atomic E-state index is 13.1. The van der Waals surface area contributed by atoms with Crippen molar-refractivity contribution in [3.05, 3.63) is 76.8 Å². The van der Waals surface area contributed by atoms with Crippen molar-refractivity contribution in [1.29, 1.82) is 0 Å². The van der Waals surface area contributed by atoms with E-state index >= 15 is 0 Å². The first-order valence-corrected chi connectivity index (χ1v) is 10.5. The molecule has 0 aliphatic rings. The van der Waals surface area contributed by atoms with Gasteiger partial charge in [0.1, 0.15) is 5.82 Å². The van der Waals surface area contributed by atoms with Gasteiger partial charge in [-0.1, -0.05) is 17.7 Å². The first-order chi connectivity index (χ1) is 13.8. The van der Waals surface area contributed by atoms with Crippen LogP contribution in [0.5, 0.6) is 0 Å². The summed E-state index contributed by atoms with van der Waals surface area (Å²) in [5.74, 6) is -0.755. The third kappa shape index (κ3) is 5.00. The Balaban J connectivity index is 1.58. The van der Waals surface area contributed by atoms with Crippen LogP contribution in [0.1, 0.15) is 16.1 Å². The minimum Gasteiger partial charge on any atom is -0.351 e. The highest BCUT2D eigenvalue weighted by Gasteiger charge is 2.16. The van der Waals surface area contributed by atoms with Crippen molar-refractivity contribution in [2.45, 2.75) is 11.8 Å². The van der Waals surface area contributed by atoms with Gasteiger partial charge in [-0.3, -0.25) is 4.79 Å². The number of nitrogens with one attached hydrogen (secondary N) is 2. The molecule has 7 nitrogen and oxygen atoms in total. The van der Waals surface area contributed by atoms with Crippen LogP contribution in [0.4, 0.5) is 4.39 Å². The van der Waals surface area contributed by atoms with Gasteiger partial charge in [0.2, 0.25) is 10.0 Å². The molecule has 0 aliphatic carbocycles. The number of hydrogen-bond acceptors (Lipinski definition) is 4. The van der Waals surface area contributed by atoms with Gasteiger partial charge < -0.3 is 5.32 Å². The van der Waals surface area contributed by atoms with Crippen molar-refractivity contribution in [2.75, 3.05) is 13.1 Å². The van der Waals surface area contributed by atoms with E-state index in [9.17, 15) is 17.6 Å². The van der Waals surface area contributed by atoms with Crippen LogP contribution in [0, 0.1) is 12.7 Å². The zero-order chi connectivity index (χ0) is 21.0. The third-order valence-corrected chi connectivity index (χ3v) is 5.83. The Labute approximate surface area is 172 Å². The molecule has 1 amide bonds. The van der Waals surface area contributed by atoms with Crippen LogP contribution in [0.2, 0.25) is 5.02 Å². The molecular formula is C19H18ClFN4O3S. The first-order valence-electron chi connectivity index (χ1n) is 8.62. The monoisotopic (exact) mass is 436 g/mol. The highest BCUT2D eigenvalue weighted by Crippen LogP contribution is 2.16. The molecule has 2 N–H and O–H groups in total. The quantitative estimate of drug-likeness (QED) is 0.557.